The third-order valence-corrected chi connectivity index (χ3v) is 4.12. The molecule has 0 aliphatic carbocycles. The molecule has 1 aromatic carbocycles. The van der Waals surface area contributed by atoms with E-state index in [2.05, 4.69) is 61.3 Å². The molecule has 20 heavy (non-hydrogen) atoms. The highest BCUT2D eigenvalue weighted by Gasteiger charge is 2.25. The molecular formula is C17H29N3. The molecular weight excluding hydrogens is 246 g/mol. The standard InChI is InChI=1S/C17H29N3/c1-5-9-20(10-6-2)17-13-18-12-14-11-15(19(3)4)7-8-16(14)17/h7-8,11,17-18H,5-6,9-10,12-13H2,1-4H3/t17-/m0/s1. The minimum absolute atomic E-state index is 0.537. The molecule has 0 saturated heterocycles. The number of rotatable bonds is 6. The Morgan fingerprint density at radius 1 is 1.15 bits per heavy atom. The van der Waals surface area contributed by atoms with Gasteiger partial charge in [-0.2, -0.15) is 0 Å². The Kier molecular flexibility index (Phi) is 5.44. The fraction of sp³-hybridized carbons (Fsp3) is 0.647. The normalized spacial score (nSPS) is 18.1. The van der Waals surface area contributed by atoms with E-state index in [9.17, 15) is 0 Å². The van der Waals surface area contributed by atoms with E-state index < -0.39 is 0 Å². The van der Waals surface area contributed by atoms with E-state index in [0.29, 0.717) is 6.04 Å². The molecule has 112 valence electrons. The molecule has 2 rings (SSSR count). The lowest BCUT2D eigenvalue weighted by Gasteiger charge is -2.36. The highest BCUT2D eigenvalue weighted by Crippen LogP contribution is 2.30. The Bertz CT molecular complexity index is 422. The summed E-state index contributed by atoms with van der Waals surface area (Å²) in [4.78, 5) is 4.82. The predicted octanol–water partition coefficient (Wildman–Crippen LogP) is 3.02. The SMILES string of the molecule is CCCN(CCC)[C@H]1CNCc2cc(N(C)C)ccc21. The number of nitrogens with one attached hydrogen (secondary N) is 1. The maximum absolute atomic E-state index is 3.59. The lowest BCUT2D eigenvalue weighted by Crippen LogP contribution is -2.40. The third kappa shape index (κ3) is 3.33. The molecule has 0 amide bonds. The second-order valence-corrected chi connectivity index (χ2v) is 5.96. The van der Waals surface area contributed by atoms with Gasteiger partial charge in [-0.05, 0) is 49.2 Å². The maximum atomic E-state index is 3.59. The summed E-state index contributed by atoms with van der Waals surface area (Å²) >= 11 is 0. The summed E-state index contributed by atoms with van der Waals surface area (Å²) in [5, 5.41) is 3.59. The van der Waals surface area contributed by atoms with Gasteiger partial charge in [-0.25, -0.2) is 0 Å². The Morgan fingerprint density at radius 2 is 1.85 bits per heavy atom. The Morgan fingerprint density at radius 3 is 2.45 bits per heavy atom. The number of fused-ring (bicyclic) bond motifs is 1. The van der Waals surface area contributed by atoms with Crippen LogP contribution in [-0.4, -0.2) is 38.6 Å². The highest BCUT2D eigenvalue weighted by atomic mass is 15.2. The predicted molar refractivity (Wildman–Crippen MR) is 87.4 cm³/mol. The second kappa shape index (κ2) is 7.09. The summed E-state index contributed by atoms with van der Waals surface area (Å²) in [6, 6.07) is 7.47. The van der Waals surface area contributed by atoms with Gasteiger partial charge in [-0.3, -0.25) is 4.90 Å². The van der Waals surface area contributed by atoms with Crippen LogP contribution in [0, 0.1) is 0 Å². The summed E-state index contributed by atoms with van der Waals surface area (Å²) in [7, 11) is 4.21. The summed E-state index contributed by atoms with van der Waals surface area (Å²) in [6.07, 6.45) is 2.45. The van der Waals surface area contributed by atoms with Crippen LogP contribution in [-0.2, 0) is 6.54 Å². The van der Waals surface area contributed by atoms with Gasteiger partial charge in [0.05, 0.1) is 0 Å². The molecule has 1 aliphatic rings. The quantitative estimate of drug-likeness (QED) is 0.861. The molecule has 1 N–H and O–H groups in total. The second-order valence-electron chi connectivity index (χ2n) is 5.96. The number of nitrogens with zero attached hydrogens (tertiary/aromatic N) is 2. The van der Waals surface area contributed by atoms with Crippen molar-refractivity contribution in [2.45, 2.75) is 39.3 Å². The van der Waals surface area contributed by atoms with Crippen LogP contribution in [0.5, 0.6) is 0 Å². The zero-order chi connectivity index (χ0) is 14.5. The number of benzene rings is 1. The average Bonchev–Trinajstić information content (AvgIpc) is 2.45. The lowest BCUT2D eigenvalue weighted by molar-refractivity contribution is 0.185. The molecule has 0 bridgehead atoms. The van der Waals surface area contributed by atoms with Crippen LogP contribution in [0.4, 0.5) is 5.69 Å². The fourth-order valence-electron chi connectivity index (χ4n) is 3.13. The molecule has 1 atom stereocenters. The van der Waals surface area contributed by atoms with Crippen LogP contribution in [0.2, 0.25) is 0 Å². The molecule has 0 unspecified atom stereocenters. The molecule has 0 radical (unpaired) electrons. The van der Waals surface area contributed by atoms with E-state index in [0.717, 1.165) is 13.1 Å². The smallest absolute Gasteiger partial charge is 0.0476 e. The fourth-order valence-corrected chi connectivity index (χ4v) is 3.13. The van der Waals surface area contributed by atoms with Crippen LogP contribution < -0.4 is 10.2 Å². The van der Waals surface area contributed by atoms with Crippen molar-refractivity contribution in [3.05, 3.63) is 29.3 Å². The minimum atomic E-state index is 0.537. The van der Waals surface area contributed by atoms with Crippen molar-refractivity contribution in [3.63, 3.8) is 0 Å². The van der Waals surface area contributed by atoms with Crippen molar-refractivity contribution in [2.24, 2.45) is 0 Å². The topological polar surface area (TPSA) is 18.5 Å². The molecule has 0 saturated carbocycles. The molecule has 0 spiro atoms. The minimum Gasteiger partial charge on any atom is -0.378 e. The molecule has 3 heteroatoms. The first-order valence-electron chi connectivity index (χ1n) is 7.92. The molecule has 1 heterocycles. The largest absolute Gasteiger partial charge is 0.378 e. The first-order chi connectivity index (χ1) is 9.67. The van der Waals surface area contributed by atoms with Gasteiger partial charge in [0.25, 0.3) is 0 Å². The van der Waals surface area contributed by atoms with E-state index in [-0.39, 0.29) is 0 Å². The van der Waals surface area contributed by atoms with Gasteiger partial charge in [0.15, 0.2) is 0 Å². The summed E-state index contributed by atoms with van der Waals surface area (Å²) in [5.74, 6) is 0. The number of anilines is 1. The highest BCUT2D eigenvalue weighted by molar-refractivity contribution is 5.51. The summed E-state index contributed by atoms with van der Waals surface area (Å²) < 4.78 is 0. The van der Waals surface area contributed by atoms with Crippen molar-refractivity contribution in [3.8, 4) is 0 Å². The summed E-state index contributed by atoms with van der Waals surface area (Å²) in [6.45, 7) is 9.00. The van der Waals surface area contributed by atoms with E-state index in [1.807, 2.05) is 0 Å². The van der Waals surface area contributed by atoms with Gasteiger partial charge < -0.3 is 10.2 Å². The van der Waals surface area contributed by atoms with E-state index >= 15 is 0 Å². The van der Waals surface area contributed by atoms with Crippen molar-refractivity contribution in [1.29, 1.82) is 0 Å². The van der Waals surface area contributed by atoms with Crippen molar-refractivity contribution in [1.82, 2.24) is 10.2 Å². The van der Waals surface area contributed by atoms with Gasteiger partial charge in [0, 0.05) is 38.9 Å². The van der Waals surface area contributed by atoms with E-state index in [1.165, 1.54) is 42.7 Å². The summed E-state index contributed by atoms with van der Waals surface area (Å²) in [5.41, 5.74) is 4.28. The van der Waals surface area contributed by atoms with E-state index in [1.54, 1.807) is 0 Å². The van der Waals surface area contributed by atoms with Crippen molar-refractivity contribution >= 4 is 5.69 Å². The zero-order valence-corrected chi connectivity index (χ0v) is 13.4. The van der Waals surface area contributed by atoms with Crippen LogP contribution in [0.1, 0.15) is 43.9 Å². The first-order valence-corrected chi connectivity index (χ1v) is 7.92. The van der Waals surface area contributed by atoms with Gasteiger partial charge in [-0.15, -0.1) is 0 Å². The Balaban J connectivity index is 2.26. The van der Waals surface area contributed by atoms with Crippen LogP contribution >= 0.6 is 0 Å². The Labute approximate surface area is 124 Å². The molecule has 1 aromatic rings. The number of hydrogen-bond donors (Lipinski definition) is 1. The molecule has 0 fully saturated rings. The zero-order valence-electron chi connectivity index (χ0n) is 13.4. The lowest BCUT2D eigenvalue weighted by atomic mass is 9.94. The third-order valence-electron chi connectivity index (χ3n) is 4.12. The van der Waals surface area contributed by atoms with Gasteiger partial charge >= 0.3 is 0 Å². The van der Waals surface area contributed by atoms with Crippen LogP contribution in [0.3, 0.4) is 0 Å². The molecule has 0 aromatic heterocycles. The van der Waals surface area contributed by atoms with Crippen molar-refractivity contribution < 1.29 is 0 Å². The monoisotopic (exact) mass is 275 g/mol. The van der Waals surface area contributed by atoms with Crippen molar-refractivity contribution in [2.75, 3.05) is 38.6 Å². The first kappa shape index (κ1) is 15.3. The molecule has 3 nitrogen and oxygen atoms in total. The van der Waals surface area contributed by atoms with Gasteiger partial charge in [-0.1, -0.05) is 19.9 Å². The van der Waals surface area contributed by atoms with Gasteiger partial charge in [0.2, 0.25) is 0 Å². The van der Waals surface area contributed by atoms with Crippen LogP contribution in [0.15, 0.2) is 18.2 Å². The average molecular weight is 275 g/mol. The van der Waals surface area contributed by atoms with Crippen LogP contribution in [0.25, 0.3) is 0 Å². The molecule has 1 aliphatic heterocycles. The maximum Gasteiger partial charge on any atom is 0.0476 e. The Hall–Kier alpha value is -1.06. The van der Waals surface area contributed by atoms with Gasteiger partial charge in [0.1, 0.15) is 0 Å². The number of hydrogen-bond acceptors (Lipinski definition) is 3. The van der Waals surface area contributed by atoms with E-state index in [4.69, 9.17) is 0 Å².